The number of aromatic amines is 1. The minimum Gasteiger partial charge on any atom is -0.337 e. The molecule has 0 unspecified atom stereocenters. The van der Waals surface area contributed by atoms with Crippen LogP contribution >= 0.6 is 0 Å². The van der Waals surface area contributed by atoms with Gasteiger partial charge in [-0.1, -0.05) is 37.3 Å². The van der Waals surface area contributed by atoms with Crippen LogP contribution in [0.15, 0.2) is 30.3 Å². The molecule has 0 spiro atoms. The normalized spacial score (nSPS) is 15.8. The van der Waals surface area contributed by atoms with Crippen LogP contribution in [0.5, 0.6) is 0 Å². The van der Waals surface area contributed by atoms with E-state index in [0.717, 1.165) is 63.1 Å². The van der Waals surface area contributed by atoms with Gasteiger partial charge in [-0.2, -0.15) is 5.10 Å². The summed E-state index contributed by atoms with van der Waals surface area (Å²) in [6.45, 7) is 7.89. The topological polar surface area (TPSA) is 52.2 Å². The van der Waals surface area contributed by atoms with E-state index >= 15 is 0 Å². The summed E-state index contributed by atoms with van der Waals surface area (Å²) < 4.78 is 0. The molecule has 3 rings (SSSR count). The number of aromatic nitrogens is 2. The molecule has 5 heteroatoms. The van der Waals surface area contributed by atoms with Crippen LogP contribution in [0.2, 0.25) is 0 Å². The predicted molar refractivity (Wildman–Crippen MR) is 109 cm³/mol. The number of nitrogens with one attached hydrogen (secondary N) is 1. The van der Waals surface area contributed by atoms with E-state index in [4.69, 9.17) is 0 Å². The number of nitrogens with zero attached hydrogens (tertiary/aromatic N) is 3. The molecule has 1 N–H and O–H groups in total. The summed E-state index contributed by atoms with van der Waals surface area (Å²) in [6, 6.07) is 10.4. The van der Waals surface area contributed by atoms with Gasteiger partial charge >= 0.3 is 0 Å². The van der Waals surface area contributed by atoms with Crippen LogP contribution in [-0.4, -0.2) is 59.1 Å². The van der Waals surface area contributed by atoms with E-state index in [1.54, 1.807) is 0 Å². The Morgan fingerprint density at radius 3 is 2.59 bits per heavy atom. The number of benzene rings is 1. The third-order valence-corrected chi connectivity index (χ3v) is 5.78. The van der Waals surface area contributed by atoms with Crippen LogP contribution in [0.1, 0.15) is 47.1 Å². The fraction of sp³-hybridized carbons (Fsp3) is 0.545. The fourth-order valence-corrected chi connectivity index (χ4v) is 3.88. The second-order valence-corrected chi connectivity index (χ2v) is 7.76. The third kappa shape index (κ3) is 4.98. The number of amides is 1. The lowest BCUT2D eigenvalue weighted by molar-refractivity contribution is 0.0694. The molecule has 1 aliphatic heterocycles. The molecular formula is C22H32N4O. The lowest BCUT2D eigenvalue weighted by Crippen LogP contribution is -2.41. The first kappa shape index (κ1) is 19.6. The van der Waals surface area contributed by atoms with Crippen molar-refractivity contribution in [3.63, 3.8) is 0 Å². The summed E-state index contributed by atoms with van der Waals surface area (Å²) in [6.07, 6.45) is 4.06. The Labute approximate surface area is 162 Å². The second-order valence-electron chi connectivity index (χ2n) is 7.76. The maximum atomic E-state index is 13.3. The molecule has 1 saturated heterocycles. The van der Waals surface area contributed by atoms with E-state index < -0.39 is 0 Å². The standard InChI is InChI=1S/C22H32N4O/c1-4-20-17(2)21(24-23-20)22(27)26(15-12-18-8-6-5-7-9-18)16-19-10-13-25(3)14-11-19/h5-9,19H,4,10-16H2,1-3H3,(H,23,24). The van der Waals surface area contributed by atoms with E-state index in [-0.39, 0.29) is 5.91 Å². The molecule has 0 aliphatic carbocycles. The van der Waals surface area contributed by atoms with Gasteiger partial charge in [-0.05, 0) is 64.2 Å². The molecule has 1 aromatic heterocycles. The van der Waals surface area contributed by atoms with Crippen molar-refractivity contribution < 1.29 is 4.79 Å². The van der Waals surface area contributed by atoms with Crippen LogP contribution < -0.4 is 0 Å². The number of aryl methyl sites for hydroxylation is 1. The molecule has 0 atom stereocenters. The smallest absolute Gasteiger partial charge is 0.274 e. The van der Waals surface area contributed by atoms with Gasteiger partial charge in [0.25, 0.3) is 5.91 Å². The molecule has 1 aliphatic rings. The minimum atomic E-state index is 0.0679. The van der Waals surface area contributed by atoms with Gasteiger partial charge in [-0.3, -0.25) is 9.89 Å². The van der Waals surface area contributed by atoms with Crippen molar-refractivity contribution in [3.8, 4) is 0 Å². The number of carbonyl (C=O) groups excluding carboxylic acids is 1. The fourth-order valence-electron chi connectivity index (χ4n) is 3.88. The molecule has 2 aromatic rings. The highest BCUT2D eigenvalue weighted by Gasteiger charge is 2.26. The highest BCUT2D eigenvalue weighted by molar-refractivity contribution is 5.94. The zero-order valence-electron chi connectivity index (χ0n) is 16.9. The maximum Gasteiger partial charge on any atom is 0.274 e. The van der Waals surface area contributed by atoms with E-state index in [9.17, 15) is 4.79 Å². The molecule has 0 bridgehead atoms. The van der Waals surface area contributed by atoms with Crippen LogP contribution in [0.4, 0.5) is 0 Å². The number of hydrogen-bond donors (Lipinski definition) is 1. The monoisotopic (exact) mass is 368 g/mol. The Bertz CT molecular complexity index is 732. The summed E-state index contributed by atoms with van der Waals surface area (Å²) in [5.74, 6) is 0.643. The zero-order chi connectivity index (χ0) is 19.2. The summed E-state index contributed by atoms with van der Waals surface area (Å²) in [5.41, 5.74) is 3.91. The zero-order valence-corrected chi connectivity index (χ0v) is 16.9. The van der Waals surface area contributed by atoms with Crippen LogP contribution in [-0.2, 0) is 12.8 Å². The molecule has 1 fully saturated rings. The summed E-state index contributed by atoms with van der Waals surface area (Å²) in [5, 5.41) is 7.38. The Morgan fingerprint density at radius 1 is 1.26 bits per heavy atom. The van der Waals surface area contributed by atoms with Gasteiger partial charge in [0.05, 0.1) is 0 Å². The highest BCUT2D eigenvalue weighted by atomic mass is 16.2. The van der Waals surface area contributed by atoms with Gasteiger partial charge in [0.2, 0.25) is 0 Å². The number of H-pyrrole nitrogens is 1. The lowest BCUT2D eigenvalue weighted by atomic mass is 9.96. The predicted octanol–water partition coefficient (Wildman–Crippen LogP) is 3.31. The molecule has 0 radical (unpaired) electrons. The minimum absolute atomic E-state index is 0.0679. The first-order valence-electron chi connectivity index (χ1n) is 10.1. The highest BCUT2D eigenvalue weighted by Crippen LogP contribution is 2.20. The molecule has 27 heavy (non-hydrogen) atoms. The Kier molecular flexibility index (Phi) is 6.67. The summed E-state index contributed by atoms with van der Waals surface area (Å²) in [4.78, 5) is 17.7. The van der Waals surface area contributed by atoms with Crippen molar-refractivity contribution in [2.24, 2.45) is 5.92 Å². The van der Waals surface area contributed by atoms with Gasteiger partial charge < -0.3 is 9.80 Å². The average molecular weight is 369 g/mol. The molecule has 5 nitrogen and oxygen atoms in total. The average Bonchev–Trinajstić information content (AvgIpc) is 3.07. The van der Waals surface area contributed by atoms with Gasteiger partial charge in [0, 0.05) is 24.3 Å². The largest absolute Gasteiger partial charge is 0.337 e. The van der Waals surface area contributed by atoms with Gasteiger partial charge in [-0.15, -0.1) is 0 Å². The molecule has 2 heterocycles. The van der Waals surface area contributed by atoms with Crippen molar-refractivity contribution in [2.75, 3.05) is 33.2 Å². The van der Waals surface area contributed by atoms with Crippen LogP contribution in [0.25, 0.3) is 0 Å². The first-order chi connectivity index (χ1) is 13.1. The first-order valence-corrected chi connectivity index (χ1v) is 10.1. The second kappa shape index (κ2) is 9.18. The van der Waals surface area contributed by atoms with Crippen molar-refractivity contribution in [3.05, 3.63) is 52.8 Å². The van der Waals surface area contributed by atoms with Crippen LogP contribution in [0.3, 0.4) is 0 Å². The van der Waals surface area contributed by atoms with Crippen LogP contribution in [0, 0.1) is 12.8 Å². The number of piperidine rings is 1. The van der Waals surface area contributed by atoms with E-state index in [0.29, 0.717) is 11.6 Å². The molecular weight excluding hydrogens is 336 g/mol. The Hall–Kier alpha value is -2.14. The van der Waals surface area contributed by atoms with Crippen molar-refractivity contribution in [1.82, 2.24) is 20.0 Å². The van der Waals surface area contributed by atoms with Crippen molar-refractivity contribution in [2.45, 2.75) is 39.5 Å². The quantitative estimate of drug-likeness (QED) is 0.816. The lowest BCUT2D eigenvalue weighted by Gasteiger charge is -2.33. The molecule has 1 aromatic carbocycles. The summed E-state index contributed by atoms with van der Waals surface area (Å²) in [7, 11) is 2.17. The maximum absolute atomic E-state index is 13.3. The molecule has 1 amide bonds. The number of rotatable bonds is 7. The van der Waals surface area contributed by atoms with E-state index in [1.807, 2.05) is 17.9 Å². The molecule has 146 valence electrons. The Balaban J connectivity index is 1.73. The molecule has 0 saturated carbocycles. The number of carbonyl (C=O) groups is 1. The van der Waals surface area contributed by atoms with E-state index in [2.05, 4.69) is 53.3 Å². The SMILES string of the molecule is CCc1[nH]nc(C(=O)N(CCc2ccccc2)CC2CCN(C)CC2)c1C. The van der Waals surface area contributed by atoms with Crippen molar-refractivity contribution >= 4 is 5.91 Å². The number of likely N-dealkylation sites (tertiary alicyclic amines) is 1. The van der Waals surface area contributed by atoms with Gasteiger partial charge in [-0.25, -0.2) is 0 Å². The van der Waals surface area contributed by atoms with E-state index in [1.165, 1.54) is 5.56 Å². The third-order valence-electron chi connectivity index (χ3n) is 5.78. The van der Waals surface area contributed by atoms with Gasteiger partial charge in [0.1, 0.15) is 0 Å². The summed E-state index contributed by atoms with van der Waals surface area (Å²) >= 11 is 0. The Morgan fingerprint density at radius 2 is 1.96 bits per heavy atom. The number of hydrogen-bond acceptors (Lipinski definition) is 3. The van der Waals surface area contributed by atoms with Gasteiger partial charge in [0.15, 0.2) is 5.69 Å². The van der Waals surface area contributed by atoms with Crippen molar-refractivity contribution in [1.29, 1.82) is 0 Å².